The van der Waals surface area contributed by atoms with E-state index in [0.717, 1.165) is 11.3 Å². The van der Waals surface area contributed by atoms with Gasteiger partial charge < -0.3 is 20.1 Å². The molecule has 6 heteroatoms. The van der Waals surface area contributed by atoms with Gasteiger partial charge in [-0.2, -0.15) is 0 Å². The minimum atomic E-state index is -0.263. The maximum Gasteiger partial charge on any atom is 0.255 e. The molecule has 0 aliphatic carbocycles. The Morgan fingerprint density at radius 2 is 1.38 bits per heavy atom. The average Bonchev–Trinajstić information content (AvgIpc) is 2.75. The van der Waals surface area contributed by atoms with E-state index in [1.54, 1.807) is 62.8 Å². The summed E-state index contributed by atoms with van der Waals surface area (Å²) in [6.45, 7) is 0. The number of methoxy groups -OCH3 is 2. The zero-order valence-electron chi connectivity index (χ0n) is 16.3. The standard InChI is InChI=1S/C23H22N2O4/c1-28-20-10-6-16(7-11-20)14-22(26)24-19-5-3-4-17(15-19)23(27)25-18-8-12-21(29-2)13-9-18/h3-13,15H,14H2,1-2H3,(H,24,26)(H,25,27). The van der Waals surface area contributed by atoms with Crippen molar-refractivity contribution in [2.75, 3.05) is 24.9 Å². The van der Waals surface area contributed by atoms with Crippen LogP contribution >= 0.6 is 0 Å². The maximum atomic E-state index is 12.5. The van der Waals surface area contributed by atoms with E-state index in [4.69, 9.17) is 9.47 Å². The van der Waals surface area contributed by atoms with E-state index in [9.17, 15) is 9.59 Å². The Kier molecular flexibility index (Phi) is 6.47. The Balaban J connectivity index is 1.61. The topological polar surface area (TPSA) is 76.7 Å². The van der Waals surface area contributed by atoms with Crippen molar-refractivity contribution in [1.82, 2.24) is 0 Å². The smallest absolute Gasteiger partial charge is 0.255 e. The number of amides is 2. The molecule has 0 unspecified atom stereocenters. The predicted octanol–water partition coefficient (Wildman–Crippen LogP) is 4.14. The highest BCUT2D eigenvalue weighted by molar-refractivity contribution is 6.05. The fourth-order valence-electron chi connectivity index (χ4n) is 2.75. The molecule has 0 saturated heterocycles. The molecule has 29 heavy (non-hydrogen) atoms. The Morgan fingerprint density at radius 3 is 2.00 bits per heavy atom. The van der Waals surface area contributed by atoms with Crippen LogP contribution in [0.1, 0.15) is 15.9 Å². The van der Waals surface area contributed by atoms with E-state index in [1.807, 2.05) is 24.3 Å². The third kappa shape index (κ3) is 5.59. The molecule has 0 bridgehead atoms. The van der Waals surface area contributed by atoms with Crippen molar-refractivity contribution in [3.63, 3.8) is 0 Å². The lowest BCUT2D eigenvalue weighted by atomic mass is 10.1. The van der Waals surface area contributed by atoms with Gasteiger partial charge in [0.15, 0.2) is 0 Å². The SMILES string of the molecule is COc1ccc(CC(=O)Nc2cccc(C(=O)Nc3ccc(OC)cc3)c2)cc1. The summed E-state index contributed by atoms with van der Waals surface area (Å²) in [6, 6.07) is 21.2. The van der Waals surface area contributed by atoms with Crippen LogP contribution in [0.4, 0.5) is 11.4 Å². The van der Waals surface area contributed by atoms with Gasteiger partial charge in [-0.05, 0) is 60.2 Å². The van der Waals surface area contributed by atoms with Crippen molar-refractivity contribution < 1.29 is 19.1 Å². The van der Waals surface area contributed by atoms with Gasteiger partial charge in [0, 0.05) is 16.9 Å². The van der Waals surface area contributed by atoms with Crippen molar-refractivity contribution >= 4 is 23.2 Å². The maximum absolute atomic E-state index is 12.5. The number of ether oxygens (including phenoxy) is 2. The molecule has 2 N–H and O–H groups in total. The first kappa shape index (κ1) is 19.9. The lowest BCUT2D eigenvalue weighted by Gasteiger charge is -2.09. The summed E-state index contributed by atoms with van der Waals surface area (Å²) in [5, 5.41) is 5.65. The average molecular weight is 390 g/mol. The summed E-state index contributed by atoms with van der Waals surface area (Å²) < 4.78 is 10.2. The second kappa shape index (κ2) is 9.41. The van der Waals surface area contributed by atoms with Crippen LogP contribution < -0.4 is 20.1 Å². The first-order valence-electron chi connectivity index (χ1n) is 9.05. The van der Waals surface area contributed by atoms with Gasteiger partial charge in [-0.1, -0.05) is 18.2 Å². The number of nitrogens with one attached hydrogen (secondary N) is 2. The van der Waals surface area contributed by atoms with Crippen LogP contribution in [0.5, 0.6) is 11.5 Å². The highest BCUT2D eigenvalue weighted by Crippen LogP contribution is 2.18. The Morgan fingerprint density at radius 1 is 0.759 bits per heavy atom. The highest BCUT2D eigenvalue weighted by Gasteiger charge is 2.09. The molecule has 3 rings (SSSR count). The van der Waals surface area contributed by atoms with Crippen molar-refractivity contribution in [1.29, 1.82) is 0 Å². The second-order valence-corrected chi connectivity index (χ2v) is 6.34. The van der Waals surface area contributed by atoms with E-state index >= 15 is 0 Å². The largest absolute Gasteiger partial charge is 0.497 e. The summed E-state index contributed by atoms with van der Waals surface area (Å²) in [7, 11) is 3.18. The molecule has 0 aliphatic rings. The van der Waals surface area contributed by atoms with Gasteiger partial charge in [-0.3, -0.25) is 9.59 Å². The predicted molar refractivity (Wildman–Crippen MR) is 113 cm³/mol. The first-order valence-corrected chi connectivity index (χ1v) is 9.05. The van der Waals surface area contributed by atoms with Crippen molar-refractivity contribution in [2.45, 2.75) is 6.42 Å². The zero-order valence-corrected chi connectivity index (χ0v) is 16.3. The van der Waals surface area contributed by atoms with E-state index in [0.29, 0.717) is 22.7 Å². The summed E-state index contributed by atoms with van der Waals surface area (Å²) in [5.74, 6) is 1.03. The van der Waals surface area contributed by atoms with Crippen LogP contribution in [-0.2, 0) is 11.2 Å². The van der Waals surface area contributed by atoms with Crippen LogP contribution in [0.2, 0.25) is 0 Å². The second-order valence-electron chi connectivity index (χ2n) is 6.34. The minimum absolute atomic E-state index is 0.164. The fraction of sp³-hybridized carbons (Fsp3) is 0.130. The number of hydrogen-bond acceptors (Lipinski definition) is 4. The van der Waals surface area contributed by atoms with Crippen LogP contribution in [0.15, 0.2) is 72.8 Å². The lowest BCUT2D eigenvalue weighted by molar-refractivity contribution is -0.115. The highest BCUT2D eigenvalue weighted by atomic mass is 16.5. The van der Waals surface area contributed by atoms with Gasteiger partial charge >= 0.3 is 0 Å². The van der Waals surface area contributed by atoms with Crippen LogP contribution in [0, 0.1) is 0 Å². The molecule has 6 nitrogen and oxygen atoms in total. The molecule has 2 amide bonds. The third-order valence-electron chi connectivity index (χ3n) is 4.28. The van der Waals surface area contributed by atoms with Crippen molar-refractivity contribution in [2.24, 2.45) is 0 Å². The van der Waals surface area contributed by atoms with E-state index in [2.05, 4.69) is 10.6 Å². The Bertz CT molecular complexity index is 983. The van der Waals surface area contributed by atoms with Gasteiger partial charge in [-0.15, -0.1) is 0 Å². The lowest BCUT2D eigenvalue weighted by Crippen LogP contribution is -2.16. The number of rotatable bonds is 7. The fourth-order valence-corrected chi connectivity index (χ4v) is 2.75. The van der Waals surface area contributed by atoms with E-state index in [-0.39, 0.29) is 18.2 Å². The van der Waals surface area contributed by atoms with E-state index in [1.165, 1.54) is 0 Å². The molecular weight excluding hydrogens is 368 g/mol. The molecule has 0 aromatic heterocycles. The number of carbonyl (C=O) groups excluding carboxylic acids is 2. The number of hydrogen-bond donors (Lipinski definition) is 2. The molecule has 148 valence electrons. The van der Waals surface area contributed by atoms with Gasteiger partial charge in [0.1, 0.15) is 11.5 Å². The number of anilines is 2. The molecule has 0 aliphatic heterocycles. The van der Waals surface area contributed by atoms with Crippen LogP contribution in [0.25, 0.3) is 0 Å². The summed E-state index contributed by atoms with van der Waals surface area (Å²) in [5.41, 5.74) is 2.54. The first-order chi connectivity index (χ1) is 14.1. The third-order valence-corrected chi connectivity index (χ3v) is 4.28. The quantitative estimate of drug-likeness (QED) is 0.636. The molecule has 0 saturated carbocycles. The van der Waals surface area contributed by atoms with Gasteiger partial charge in [0.05, 0.1) is 20.6 Å². The minimum Gasteiger partial charge on any atom is -0.497 e. The normalized spacial score (nSPS) is 10.1. The van der Waals surface area contributed by atoms with E-state index < -0.39 is 0 Å². The van der Waals surface area contributed by atoms with Gasteiger partial charge in [0.2, 0.25) is 5.91 Å². The molecular formula is C23H22N2O4. The molecule has 0 spiro atoms. The van der Waals surface area contributed by atoms with Gasteiger partial charge in [-0.25, -0.2) is 0 Å². The summed E-state index contributed by atoms with van der Waals surface area (Å²) in [4.78, 5) is 24.8. The molecule has 0 heterocycles. The van der Waals surface area contributed by atoms with Crippen LogP contribution in [-0.4, -0.2) is 26.0 Å². The number of carbonyl (C=O) groups is 2. The molecule has 0 fully saturated rings. The Hall–Kier alpha value is -3.80. The molecule has 0 atom stereocenters. The molecule has 3 aromatic rings. The summed E-state index contributed by atoms with van der Waals surface area (Å²) in [6.07, 6.45) is 0.228. The van der Waals surface area contributed by atoms with Crippen molar-refractivity contribution in [3.05, 3.63) is 83.9 Å². The van der Waals surface area contributed by atoms with Crippen LogP contribution in [0.3, 0.4) is 0 Å². The zero-order chi connectivity index (χ0) is 20.6. The monoisotopic (exact) mass is 390 g/mol. The summed E-state index contributed by atoms with van der Waals surface area (Å²) >= 11 is 0. The number of benzene rings is 3. The molecule has 0 radical (unpaired) electrons. The van der Waals surface area contributed by atoms with Crippen molar-refractivity contribution in [3.8, 4) is 11.5 Å². The Labute approximate surface area is 169 Å². The molecule has 3 aromatic carbocycles. The van der Waals surface area contributed by atoms with Gasteiger partial charge in [0.25, 0.3) is 5.91 Å².